The molecule has 0 bridgehead atoms. The zero-order valence-corrected chi connectivity index (χ0v) is 12.6. The molecule has 4 nitrogen and oxygen atoms in total. The Kier molecular flexibility index (Phi) is 3.89. The Balaban J connectivity index is 2.05. The molecular weight excluding hydrogens is 296 g/mol. The highest BCUT2D eigenvalue weighted by Crippen LogP contribution is 2.32. The SMILES string of the molecule is C=CCN1C(=O)C(Nc2ccccc2)=C(c2cccs2)C1=O. The Morgan fingerprint density at radius 2 is 1.86 bits per heavy atom. The van der Waals surface area contributed by atoms with Crippen LogP contribution in [0.15, 0.2) is 66.2 Å². The van der Waals surface area contributed by atoms with Gasteiger partial charge in [-0.1, -0.05) is 30.3 Å². The van der Waals surface area contributed by atoms with Crippen molar-refractivity contribution in [2.24, 2.45) is 0 Å². The van der Waals surface area contributed by atoms with Crippen LogP contribution in [0.1, 0.15) is 4.88 Å². The third-order valence-corrected chi connectivity index (χ3v) is 4.18. The lowest BCUT2D eigenvalue weighted by molar-refractivity contribution is -0.136. The summed E-state index contributed by atoms with van der Waals surface area (Å²) < 4.78 is 0. The van der Waals surface area contributed by atoms with Crippen molar-refractivity contribution in [2.75, 3.05) is 11.9 Å². The molecule has 0 spiro atoms. The van der Waals surface area contributed by atoms with Crippen molar-refractivity contribution in [2.45, 2.75) is 0 Å². The number of nitrogens with zero attached hydrogens (tertiary/aromatic N) is 1. The maximum absolute atomic E-state index is 12.6. The molecule has 0 radical (unpaired) electrons. The number of para-hydroxylation sites is 1. The number of imide groups is 1. The second kappa shape index (κ2) is 5.99. The molecule has 22 heavy (non-hydrogen) atoms. The van der Waals surface area contributed by atoms with E-state index in [9.17, 15) is 9.59 Å². The minimum atomic E-state index is -0.322. The van der Waals surface area contributed by atoms with Crippen LogP contribution in [0.4, 0.5) is 5.69 Å². The molecular formula is C17H14N2O2S. The van der Waals surface area contributed by atoms with E-state index in [0.29, 0.717) is 11.3 Å². The van der Waals surface area contributed by atoms with E-state index in [4.69, 9.17) is 0 Å². The molecule has 5 heteroatoms. The van der Waals surface area contributed by atoms with Gasteiger partial charge in [0.05, 0.1) is 5.57 Å². The zero-order chi connectivity index (χ0) is 15.5. The Labute approximate surface area is 132 Å². The molecule has 0 aliphatic carbocycles. The standard InChI is InChI=1S/C17H14N2O2S/c1-2-10-19-16(20)14(13-9-6-11-22-13)15(17(19)21)18-12-7-4-3-5-8-12/h2-9,11,18H,1,10H2. The van der Waals surface area contributed by atoms with Crippen LogP contribution in [0.5, 0.6) is 0 Å². The average molecular weight is 310 g/mol. The number of hydrogen-bond donors (Lipinski definition) is 1. The van der Waals surface area contributed by atoms with Crippen LogP contribution >= 0.6 is 11.3 Å². The maximum atomic E-state index is 12.6. The number of hydrogen-bond acceptors (Lipinski definition) is 4. The van der Waals surface area contributed by atoms with E-state index in [1.54, 1.807) is 6.08 Å². The van der Waals surface area contributed by atoms with Crippen molar-refractivity contribution in [1.29, 1.82) is 0 Å². The van der Waals surface area contributed by atoms with Crippen molar-refractivity contribution in [1.82, 2.24) is 4.90 Å². The van der Waals surface area contributed by atoms with Gasteiger partial charge < -0.3 is 5.32 Å². The van der Waals surface area contributed by atoms with Gasteiger partial charge in [-0.2, -0.15) is 0 Å². The second-order valence-electron chi connectivity index (χ2n) is 4.73. The molecule has 0 unspecified atom stereocenters. The third-order valence-electron chi connectivity index (χ3n) is 3.29. The van der Waals surface area contributed by atoms with Crippen molar-refractivity contribution in [3.63, 3.8) is 0 Å². The first kappa shape index (κ1) is 14.3. The molecule has 2 heterocycles. The lowest BCUT2D eigenvalue weighted by Gasteiger charge is -2.12. The number of thiophene rings is 1. The number of rotatable bonds is 5. The van der Waals surface area contributed by atoms with Gasteiger partial charge in [0, 0.05) is 17.1 Å². The molecule has 0 saturated carbocycles. The summed E-state index contributed by atoms with van der Waals surface area (Å²) in [7, 11) is 0. The van der Waals surface area contributed by atoms with E-state index in [1.165, 1.54) is 16.2 Å². The number of carbonyl (C=O) groups is 2. The van der Waals surface area contributed by atoms with Gasteiger partial charge in [0.15, 0.2) is 0 Å². The van der Waals surface area contributed by atoms with E-state index in [-0.39, 0.29) is 18.4 Å². The van der Waals surface area contributed by atoms with Crippen molar-refractivity contribution >= 4 is 34.4 Å². The predicted octanol–water partition coefficient (Wildman–Crippen LogP) is 3.13. The molecule has 2 aromatic rings. The Morgan fingerprint density at radius 1 is 1.09 bits per heavy atom. The number of amides is 2. The van der Waals surface area contributed by atoms with Gasteiger partial charge in [0.1, 0.15) is 5.70 Å². The fourth-order valence-corrected chi connectivity index (χ4v) is 3.07. The van der Waals surface area contributed by atoms with Crippen molar-refractivity contribution in [3.8, 4) is 0 Å². The monoisotopic (exact) mass is 310 g/mol. The number of nitrogens with one attached hydrogen (secondary N) is 1. The predicted molar refractivity (Wildman–Crippen MR) is 88.2 cm³/mol. The lowest BCUT2D eigenvalue weighted by Crippen LogP contribution is -2.32. The van der Waals surface area contributed by atoms with E-state index in [2.05, 4.69) is 11.9 Å². The van der Waals surface area contributed by atoms with E-state index in [0.717, 1.165) is 10.6 Å². The maximum Gasteiger partial charge on any atom is 0.278 e. The normalized spacial score (nSPS) is 14.6. The molecule has 110 valence electrons. The van der Waals surface area contributed by atoms with Crippen LogP contribution < -0.4 is 5.32 Å². The smallest absolute Gasteiger partial charge is 0.278 e. The van der Waals surface area contributed by atoms with Gasteiger partial charge in [-0.25, -0.2) is 0 Å². The number of carbonyl (C=O) groups excluding carboxylic acids is 2. The van der Waals surface area contributed by atoms with Crippen molar-refractivity contribution < 1.29 is 9.59 Å². The quantitative estimate of drug-likeness (QED) is 0.682. The minimum absolute atomic E-state index is 0.201. The first-order valence-corrected chi connectivity index (χ1v) is 7.67. The first-order chi connectivity index (χ1) is 10.7. The van der Waals surface area contributed by atoms with Gasteiger partial charge in [-0.05, 0) is 23.6 Å². The highest BCUT2D eigenvalue weighted by molar-refractivity contribution is 7.11. The Morgan fingerprint density at radius 3 is 2.50 bits per heavy atom. The summed E-state index contributed by atoms with van der Waals surface area (Å²) in [5, 5.41) is 4.97. The summed E-state index contributed by atoms with van der Waals surface area (Å²) >= 11 is 1.44. The zero-order valence-electron chi connectivity index (χ0n) is 11.8. The molecule has 1 aliphatic rings. The molecule has 1 aromatic carbocycles. The molecule has 0 fully saturated rings. The van der Waals surface area contributed by atoms with E-state index in [1.807, 2.05) is 47.8 Å². The Hall–Kier alpha value is -2.66. The van der Waals surface area contributed by atoms with Crippen LogP contribution in [0.2, 0.25) is 0 Å². The molecule has 1 N–H and O–H groups in total. The average Bonchev–Trinajstić information content (AvgIpc) is 3.12. The van der Waals surface area contributed by atoms with Crippen LogP contribution in [0.25, 0.3) is 5.57 Å². The summed E-state index contributed by atoms with van der Waals surface area (Å²) in [6.07, 6.45) is 1.55. The van der Waals surface area contributed by atoms with Gasteiger partial charge in [0.2, 0.25) is 0 Å². The molecule has 0 saturated heterocycles. The molecule has 1 aromatic heterocycles. The fraction of sp³-hybridized carbons (Fsp3) is 0.0588. The fourth-order valence-electron chi connectivity index (χ4n) is 2.30. The summed E-state index contributed by atoms with van der Waals surface area (Å²) in [4.78, 5) is 27.1. The minimum Gasteiger partial charge on any atom is -0.350 e. The molecule has 1 aliphatic heterocycles. The summed E-state index contributed by atoms with van der Waals surface area (Å²) in [6, 6.07) is 13.1. The first-order valence-electron chi connectivity index (χ1n) is 6.79. The largest absolute Gasteiger partial charge is 0.350 e. The molecule has 0 atom stereocenters. The topological polar surface area (TPSA) is 49.4 Å². The Bertz CT molecular complexity index is 748. The van der Waals surface area contributed by atoms with E-state index >= 15 is 0 Å². The van der Waals surface area contributed by atoms with Gasteiger partial charge in [-0.3, -0.25) is 14.5 Å². The molecule has 2 amide bonds. The summed E-state index contributed by atoms with van der Waals surface area (Å²) in [5.41, 5.74) is 1.51. The van der Waals surface area contributed by atoms with E-state index < -0.39 is 0 Å². The number of anilines is 1. The van der Waals surface area contributed by atoms with Crippen LogP contribution in [0.3, 0.4) is 0 Å². The van der Waals surface area contributed by atoms with Gasteiger partial charge in [-0.15, -0.1) is 17.9 Å². The third kappa shape index (κ3) is 2.46. The summed E-state index contributed by atoms with van der Waals surface area (Å²) in [5.74, 6) is -0.608. The summed E-state index contributed by atoms with van der Waals surface area (Å²) in [6.45, 7) is 3.81. The van der Waals surface area contributed by atoms with Gasteiger partial charge >= 0.3 is 0 Å². The highest BCUT2D eigenvalue weighted by Gasteiger charge is 2.38. The lowest BCUT2D eigenvalue weighted by atomic mass is 10.2. The molecule has 3 rings (SSSR count). The van der Waals surface area contributed by atoms with Crippen LogP contribution in [-0.4, -0.2) is 23.3 Å². The van der Waals surface area contributed by atoms with Crippen molar-refractivity contribution in [3.05, 3.63) is 71.1 Å². The second-order valence-corrected chi connectivity index (χ2v) is 5.68. The highest BCUT2D eigenvalue weighted by atomic mass is 32.1. The number of benzene rings is 1. The van der Waals surface area contributed by atoms with Gasteiger partial charge in [0.25, 0.3) is 11.8 Å². The van der Waals surface area contributed by atoms with Crippen LogP contribution in [-0.2, 0) is 9.59 Å². The van der Waals surface area contributed by atoms with Crippen LogP contribution in [0, 0.1) is 0 Å².